The lowest BCUT2D eigenvalue weighted by molar-refractivity contribution is 0.0431. The zero-order valence-corrected chi connectivity index (χ0v) is 13.2. The van der Waals surface area contributed by atoms with Gasteiger partial charge in [0.25, 0.3) is 0 Å². The molecule has 2 nitrogen and oxygen atoms in total. The average Bonchev–Trinajstić information content (AvgIpc) is 2.30. The Balaban J connectivity index is 3.08. The summed E-state index contributed by atoms with van der Waals surface area (Å²) in [4.78, 5) is 0. The normalized spacial score (nSPS) is 13.5. The lowest BCUT2D eigenvalue weighted by atomic mass is 9.93. The maximum atomic E-state index is 5.57. The van der Waals surface area contributed by atoms with Crippen molar-refractivity contribution in [3.8, 4) is 0 Å². The Bertz CT molecular complexity index is 166. The van der Waals surface area contributed by atoms with Crippen molar-refractivity contribution in [3.63, 3.8) is 0 Å². The molecule has 0 amide bonds. The van der Waals surface area contributed by atoms with Gasteiger partial charge in [-0.05, 0) is 43.4 Å². The van der Waals surface area contributed by atoms with Crippen LogP contribution in [0.25, 0.3) is 0 Å². The fourth-order valence-corrected chi connectivity index (χ4v) is 1.76. The molecule has 0 rings (SSSR count). The first-order valence-corrected chi connectivity index (χ1v) is 7.69. The van der Waals surface area contributed by atoms with E-state index in [2.05, 4.69) is 34.6 Å². The lowest BCUT2D eigenvalue weighted by Crippen LogP contribution is -2.09. The highest BCUT2D eigenvalue weighted by Gasteiger charge is 2.05. The van der Waals surface area contributed by atoms with Crippen LogP contribution >= 0.6 is 0 Å². The second kappa shape index (κ2) is 12.0. The topological polar surface area (TPSA) is 18.5 Å². The van der Waals surface area contributed by atoms with Gasteiger partial charge in [0.15, 0.2) is 0 Å². The van der Waals surface area contributed by atoms with Crippen LogP contribution in [-0.4, -0.2) is 26.4 Å². The third-order valence-electron chi connectivity index (χ3n) is 3.53. The monoisotopic (exact) mass is 258 g/mol. The van der Waals surface area contributed by atoms with Gasteiger partial charge in [-0.3, -0.25) is 0 Å². The standard InChI is InChI=1S/C16H34O2/c1-14(2)8-6-10-17-12-13-18-11-7-9-16(5)15(3)4/h14-16H,6-13H2,1-5H3. The number of hydrogen-bond donors (Lipinski definition) is 0. The fraction of sp³-hybridized carbons (Fsp3) is 1.00. The van der Waals surface area contributed by atoms with Gasteiger partial charge in [-0.1, -0.05) is 34.6 Å². The molecule has 0 spiro atoms. The lowest BCUT2D eigenvalue weighted by Gasteiger charge is -2.14. The average molecular weight is 258 g/mol. The first-order valence-electron chi connectivity index (χ1n) is 7.69. The Morgan fingerprint density at radius 1 is 0.667 bits per heavy atom. The van der Waals surface area contributed by atoms with Crippen LogP contribution in [-0.2, 0) is 9.47 Å². The van der Waals surface area contributed by atoms with Crippen LogP contribution in [0.4, 0.5) is 0 Å². The van der Waals surface area contributed by atoms with Crippen molar-refractivity contribution in [3.05, 3.63) is 0 Å². The SMILES string of the molecule is CC(C)CCCOCCOCCCC(C)C(C)C. The van der Waals surface area contributed by atoms with Crippen LogP contribution in [0.5, 0.6) is 0 Å². The molecule has 0 aliphatic carbocycles. The van der Waals surface area contributed by atoms with Crippen LogP contribution in [0, 0.1) is 17.8 Å². The van der Waals surface area contributed by atoms with E-state index in [0.29, 0.717) is 0 Å². The second-order valence-corrected chi connectivity index (χ2v) is 6.12. The van der Waals surface area contributed by atoms with Gasteiger partial charge in [-0.2, -0.15) is 0 Å². The van der Waals surface area contributed by atoms with Gasteiger partial charge >= 0.3 is 0 Å². The quantitative estimate of drug-likeness (QED) is 0.479. The molecular weight excluding hydrogens is 224 g/mol. The van der Waals surface area contributed by atoms with Crippen molar-refractivity contribution in [2.24, 2.45) is 17.8 Å². The summed E-state index contributed by atoms with van der Waals surface area (Å²) in [5, 5.41) is 0. The zero-order valence-electron chi connectivity index (χ0n) is 13.2. The van der Waals surface area contributed by atoms with Crippen molar-refractivity contribution in [1.82, 2.24) is 0 Å². The summed E-state index contributed by atoms with van der Waals surface area (Å²) < 4.78 is 11.1. The first-order chi connectivity index (χ1) is 8.54. The van der Waals surface area contributed by atoms with Gasteiger partial charge in [0.05, 0.1) is 13.2 Å². The molecule has 0 aromatic carbocycles. The summed E-state index contributed by atoms with van der Waals surface area (Å²) >= 11 is 0. The molecule has 1 unspecified atom stereocenters. The highest BCUT2D eigenvalue weighted by atomic mass is 16.5. The molecule has 0 heterocycles. The van der Waals surface area contributed by atoms with Crippen LogP contribution in [0.1, 0.15) is 60.3 Å². The number of hydrogen-bond acceptors (Lipinski definition) is 2. The van der Waals surface area contributed by atoms with E-state index in [4.69, 9.17) is 9.47 Å². The summed E-state index contributed by atoms with van der Waals surface area (Å²) in [6.07, 6.45) is 4.87. The highest BCUT2D eigenvalue weighted by molar-refractivity contribution is 4.56. The fourth-order valence-electron chi connectivity index (χ4n) is 1.76. The largest absolute Gasteiger partial charge is 0.379 e. The number of rotatable bonds is 12. The second-order valence-electron chi connectivity index (χ2n) is 6.12. The zero-order chi connectivity index (χ0) is 13.8. The molecule has 0 radical (unpaired) electrons. The Kier molecular flexibility index (Phi) is 11.9. The molecule has 0 fully saturated rings. The van der Waals surface area contributed by atoms with Gasteiger partial charge in [-0.15, -0.1) is 0 Å². The van der Waals surface area contributed by atoms with Crippen molar-refractivity contribution in [2.45, 2.75) is 60.3 Å². The van der Waals surface area contributed by atoms with E-state index in [1.807, 2.05) is 0 Å². The van der Waals surface area contributed by atoms with Crippen molar-refractivity contribution >= 4 is 0 Å². The van der Waals surface area contributed by atoms with E-state index in [0.717, 1.165) is 44.2 Å². The third-order valence-corrected chi connectivity index (χ3v) is 3.53. The smallest absolute Gasteiger partial charge is 0.0700 e. The van der Waals surface area contributed by atoms with Gasteiger partial charge in [0.2, 0.25) is 0 Å². The van der Waals surface area contributed by atoms with Gasteiger partial charge < -0.3 is 9.47 Å². The van der Waals surface area contributed by atoms with E-state index < -0.39 is 0 Å². The predicted octanol–water partition coefficient (Wildman–Crippen LogP) is 4.53. The summed E-state index contributed by atoms with van der Waals surface area (Å²) in [6.45, 7) is 14.7. The maximum absolute atomic E-state index is 5.57. The molecule has 0 N–H and O–H groups in total. The molecule has 1 atom stereocenters. The van der Waals surface area contributed by atoms with Crippen LogP contribution in [0.3, 0.4) is 0 Å². The molecule has 2 heteroatoms. The third kappa shape index (κ3) is 12.4. The summed E-state index contributed by atoms with van der Waals surface area (Å²) in [5.74, 6) is 2.38. The van der Waals surface area contributed by atoms with Crippen molar-refractivity contribution < 1.29 is 9.47 Å². The van der Waals surface area contributed by atoms with Gasteiger partial charge in [0.1, 0.15) is 0 Å². The van der Waals surface area contributed by atoms with Crippen LogP contribution < -0.4 is 0 Å². The van der Waals surface area contributed by atoms with E-state index in [1.165, 1.54) is 25.7 Å². The predicted molar refractivity (Wildman–Crippen MR) is 78.9 cm³/mol. The van der Waals surface area contributed by atoms with Gasteiger partial charge in [-0.25, -0.2) is 0 Å². The Hall–Kier alpha value is -0.0800. The molecule has 0 bridgehead atoms. The van der Waals surface area contributed by atoms with E-state index in [9.17, 15) is 0 Å². The molecule has 0 saturated heterocycles. The minimum absolute atomic E-state index is 0.748. The molecule has 18 heavy (non-hydrogen) atoms. The molecule has 0 aromatic rings. The van der Waals surface area contributed by atoms with Crippen molar-refractivity contribution in [1.29, 1.82) is 0 Å². The van der Waals surface area contributed by atoms with Gasteiger partial charge in [0, 0.05) is 13.2 Å². The van der Waals surface area contributed by atoms with E-state index in [1.54, 1.807) is 0 Å². The Morgan fingerprint density at radius 2 is 1.17 bits per heavy atom. The van der Waals surface area contributed by atoms with E-state index in [-0.39, 0.29) is 0 Å². The minimum Gasteiger partial charge on any atom is -0.379 e. The molecular formula is C16H34O2. The first kappa shape index (κ1) is 17.9. The molecule has 0 aliphatic rings. The minimum atomic E-state index is 0.748. The Morgan fingerprint density at radius 3 is 1.61 bits per heavy atom. The summed E-state index contributed by atoms with van der Waals surface area (Å²) in [7, 11) is 0. The van der Waals surface area contributed by atoms with Crippen molar-refractivity contribution in [2.75, 3.05) is 26.4 Å². The molecule has 0 aliphatic heterocycles. The van der Waals surface area contributed by atoms with Crippen LogP contribution in [0.2, 0.25) is 0 Å². The van der Waals surface area contributed by atoms with Crippen LogP contribution in [0.15, 0.2) is 0 Å². The van der Waals surface area contributed by atoms with E-state index >= 15 is 0 Å². The molecule has 110 valence electrons. The molecule has 0 saturated carbocycles. The highest BCUT2D eigenvalue weighted by Crippen LogP contribution is 2.15. The summed E-state index contributed by atoms with van der Waals surface area (Å²) in [6, 6.07) is 0. The maximum Gasteiger partial charge on any atom is 0.0700 e. The Labute approximate surface area is 114 Å². The molecule has 0 aromatic heterocycles. The number of ether oxygens (including phenoxy) is 2. The summed E-state index contributed by atoms with van der Waals surface area (Å²) in [5.41, 5.74) is 0.